The van der Waals surface area contributed by atoms with E-state index in [-0.39, 0.29) is 16.7 Å². The maximum Gasteiger partial charge on any atom is 0.253 e. The summed E-state index contributed by atoms with van der Waals surface area (Å²) in [7, 11) is -3.58. The van der Waals surface area contributed by atoms with E-state index < -0.39 is 10.0 Å². The Morgan fingerprint density at radius 1 is 1.21 bits per heavy atom. The highest BCUT2D eigenvalue weighted by molar-refractivity contribution is 7.89. The summed E-state index contributed by atoms with van der Waals surface area (Å²) >= 11 is 0. The maximum absolute atomic E-state index is 12.6. The Bertz CT molecular complexity index is 940. The number of pyridine rings is 1. The molecule has 1 aliphatic rings. The number of carbonyl (C=O) groups is 1. The van der Waals surface area contributed by atoms with E-state index in [0.717, 1.165) is 18.4 Å². The summed E-state index contributed by atoms with van der Waals surface area (Å²) in [5.41, 5.74) is 1.42. The molecule has 0 aliphatic carbocycles. The molecule has 2 aromatic rings. The first-order valence-corrected chi connectivity index (χ1v) is 11.3. The molecule has 1 saturated heterocycles. The second-order valence-corrected chi connectivity index (χ2v) is 8.95. The maximum atomic E-state index is 12.6. The van der Waals surface area contributed by atoms with Gasteiger partial charge in [-0.1, -0.05) is 0 Å². The van der Waals surface area contributed by atoms with Crippen LogP contribution in [0.4, 0.5) is 0 Å². The summed E-state index contributed by atoms with van der Waals surface area (Å²) < 4.78 is 33.5. The average molecular weight is 418 g/mol. The van der Waals surface area contributed by atoms with Crippen LogP contribution in [0.1, 0.15) is 35.7 Å². The van der Waals surface area contributed by atoms with E-state index in [9.17, 15) is 13.2 Å². The van der Waals surface area contributed by atoms with Gasteiger partial charge >= 0.3 is 0 Å². The number of piperidine rings is 1. The van der Waals surface area contributed by atoms with Gasteiger partial charge in [-0.15, -0.1) is 0 Å². The summed E-state index contributed by atoms with van der Waals surface area (Å²) in [6, 6.07) is 8.30. The zero-order chi connectivity index (χ0) is 20.9. The van der Waals surface area contributed by atoms with Crippen LogP contribution in [0.5, 0.6) is 5.75 Å². The highest BCUT2D eigenvalue weighted by Crippen LogP contribution is 2.23. The van der Waals surface area contributed by atoms with Crippen LogP contribution in [-0.2, 0) is 10.0 Å². The summed E-state index contributed by atoms with van der Waals surface area (Å²) in [5, 5.41) is 0. The number of sulfonamides is 1. The van der Waals surface area contributed by atoms with E-state index in [1.165, 1.54) is 0 Å². The van der Waals surface area contributed by atoms with Crippen molar-refractivity contribution in [2.45, 2.75) is 31.6 Å². The number of aryl methyl sites for hydroxylation is 1. The Balaban J connectivity index is 1.53. The lowest BCUT2D eigenvalue weighted by molar-refractivity contribution is 0.0692. The molecule has 0 bridgehead atoms. The van der Waals surface area contributed by atoms with Crippen LogP contribution in [0.2, 0.25) is 0 Å². The molecule has 1 aromatic carbocycles. The van der Waals surface area contributed by atoms with Gasteiger partial charge in [-0.3, -0.25) is 9.78 Å². The van der Waals surface area contributed by atoms with Crippen molar-refractivity contribution in [2.24, 2.45) is 5.92 Å². The van der Waals surface area contributed by atoms with Crippen molar-refractivity contribution >= 4 is 15.9 Å². The van der Waals surface area contributed by atoms with Gasteiger partial charge in [-0.05, 0) is 68.5 Å². The minimum absolute atomic E-state index is 0.00343. The lowest BCUT2D eigenvalue weighted by Crippen LogP contribution is -2.41. The molecule has 8 heteroatoms. The van der Waals surface area contributed by atoms with Gasteiger partial charge < -0.3 is 9.64 Å². The first-order valence-electron chi connectivity index (χ1n) is 9.83. The molecule has 0 radical (unpaired) electrons. The molecule has 1 fully saturated rings. The smallest absolute Gasteiger partial charge is 0.253 e. The molecule has 1 aromatic heterocycles. The number of aromatic nitrogens is 1. The minimum atomic E-state index is -3.58. The van der Waals surface area contributed by atoms with Crippen molar-refractivity contribution in [3.63, 3.8) is 0 Å². The Kier molecular flexibility index (Phi) is 6.87. The van der Waals surface area contributed by atoms with Crippen LogP contribution >= 0.6 is 0 Å². The van der Waals surface area contributed by atoms with Gasteiger partial charge in [0, 0.05) is 37.6 Å². The largest absolute Gasteiger partial charge is 0.494 e. The van der Waals surface area contributed by atoms with E-state index in [4.69, 9.17) is 4.74 Å². The van der Waals surface area contributed by atoms with E-state index in [1.807, 2.05) is 18.7 Å². The molecule has 156 valence electrons. The molecule has 7 nitrogen and oxygen atoms in total. The normalized spacial score (nSPS) is 15.3. The van der Waals surface area contributed by atoms with Gasteiger partial charge in [-0.25, -0.2) is 13.1 Å². The van der Waals surface area contributed by atoms with Crippen LogP contribution in [0.25, 0.3) is 0 Å². The number of hydrogen-bond donors (Lipinski definition) is 1. The first-order chi connectivity index (χ1) is 13.9. The van der Waals surface area contributed by atoms with Crippen molar-refractivity contribution in [1.29, 1.82) is 0 Å². The Labute approximate surface area is 172 Å². The van der Waals surface area contributed by atoms with Crippen molar-refractivity contribution in [3.8, 4) is 5.75 Å². The second-order valence-electron chi connectivity index (χ2n) is 7.18. The van der Waals surface area contributed by atoms with Crippen LogP contribution < -0.4 is 9.46 Å². The quantitative estimate of drug-likeness (QED) is 0.748. The van der Waals surface area contributed by atoms with Gasteiger partial charge in [0.15, 0.2) is 0 Å². The summed E-state index contributed by atoms with van der Waals surface area (Å²) in [5.74, 6) is 0.893. The number of ether oxygens (including phenoxy) is 1. The third kappa shape index (κ3) is 5.33. The molecule has 1 amide bonds. The number of likely N-dealkylation sites (tertiary alicyclic amines) is 1. The number of nitrogens with one attached hydrogen (secondary N) is 1. The first kappa shape index (κ1) is 21.3. The van der Waals surface area contributed by atoms with Crippen molar-refractivity contribution in [2.75, 3.05) is 26.2 Å². The van der Waals surface area contributed by atoms with E-state index in [1.54, 1.807) is 42.7 Å². The molecular formula is C21H27N3O4S. The third-order valence-corrected chi connectivity index (χ3v) is 6.57. The molecule has 0 saturated carbocycles. The summed E-state index contributed by atoms with van der Waals surface area (Å²) in [4.78, 5) is 18.5. The van der Waals surface area contributed by atoms with Crippen molar-refractivity contribution in [3.05, 3.63) is 53.9 Å². The zero-order valence-electron chi connectivity index (χ0n) is 16.8. The monoisotopic (exact) mass is 417 g/mol. The molecule has 0 unspecified atom stereocenters. The summed E-state index contributed by atoms with van der Waals surface area (Å²) in [6.07, 6.45) is 4.75. The van der Waals surface area contributed by atoms with Gasteiger partial charge in [0.2, 0.25) is 10.0 Å². The van der Waals surface area contributed by atoms with Gasteiger partial charge in [0.05, 0.1) is 11.5 Å². The molecule has 1 aliphatic heterocycles. The lowest BCUT2D eigenvalue weighted by Gasteiger charge is -2.32. The van der Waals surface area contributed by atoms with Crippen LogP contribution in [0.3, 0.4) is 0 Å². The minimum Gasteiger partial charge on any atom is -0.494 e. The molecule has 0 spiro atoms. The van der Waals surface area contributed by atoms with E-state index in [2.05, 4.69) is 9.71 Å². The highest BCUT2D eigenvalue weighted by Gasteiger charge is 2.25. The highest BCUT2D eigenvalue weighted by atomic mass is 32.2. The number of benzene rings is 1. The Morgan fingerprint density at radius 2 is 1.90 bits per heavy atom. The Hall–Kier alpha value is -2.45. The third-order valence-electron chi connectivity index (χ3n) is 5.15. The fourth-order valence-electron chi connectivity index (χ4n) is 3.43. The standard InChI is InChI=1S/C21H27N3O4S/c1-3-28-20-5-4-19(14-16(20)2)29(26,27)23-15-17-8-12-24(13-9-17)21(25)18-6-10-22-11-7-18/h4-7,10-11,14,17,23H,3,8-9,12-13,15H2,1-2H3. The molecule has 1 N–H and O–H groups in total. The second kappa shape index (κ2) is 9.37. The SMILES string of the molecule is CCOc1ccc(S(=O)(=O)NCC2CCN(C(=O)c3ccncc3)CC2)cc1C. The van der Waals surface area contributed by atoms with E-state index in [0.29, 0.717) is 37.6 Å². The Morgan fingerprint density at radius 3 is 2.52 bits per heavy atom. The summed E-state index contributed by atoms with van der Waals surface area (Å²) in [6.45, 7) is 5.87. The topological polar surface area (TPSA) is 88.6 Å². The lowest BCUT2D eigenvalue weighted by atomic mass is 9.97. The van der Waals surface area contributed by atoms with Crippen molar-refractivity contribution in [1.82, 2.24) is 14.6 Å². The fourth-order valence-corrected chi connectivity index (χ4v) is 4.64. The molecule has 3 rings (SSSR count). The number of carbonyl (C=O) groups excluding carboxylic acids is 1. The molecule has 0 atom stereocenters. The van der Waals surface area contributed by atoms with Gasteiger partial charge in [0.25, 0.3) is 5.91 Å². The molecule has 2 heterocycles. The zero-order valence-corrected chi connectivity index (χ0v) is 17.6. The predicted molar refractivity (Wildman–Crippen MR) is 110 cm³/mol. The van der Waals surface area contributed by atoms with Crippen LogP contribution in [0.15, 0.2) is 47.6 Å². The van der Waals surface area contributed by atoms with Crippen molar-refractivity contribution < 1.29 is 17.9 Å². The van der Waals surface area contributed by atoms with E-state index >= 15 is 0 Å². The van der Waals surface area contributed by atoms with Gasteiger partial charge in [-0.2, -0.15) is 0 Å². The average Bonchev–Trinajstić information content (AvgIpc) is 2.74. The molecule has 29 heavy (non-hydrogen) atoms. The fraction of sp³-hybridized carbons (Fsp3) is 0.429. The number of amides is 1. The van der Waals surface area contributed by atoms with Crippen LogP contribution in [-0.4, -0.2) is 50.5 Å². The van der Waals surface area contributed by atoms with Crippen LogP contribution in [0, 0.1) is 12.8 Å². The van der Waals surface area contributed by atoms with Gasteiger partial charge in [0.1, 0.15) is 5.75 Å². The predicted octanol–water partition coefficient (Wildman–Crippen LogP) is 2.62. The number of rotatable bonds is 7. The molecular weight excluding hydrogens is 390 g/mol. The number of hydrogen-bond acceptors (Lipinski definition) is 5. The number of nitrogens with zero attached hydrogens (tertiary/aromatic N) is 2.